The molecule has 290 valence electrons. The maximum absolute atomic E-state index is 14.0. The van der Waals surface area contributed by atoms with Gasteiger partial charge in [0.25, 0.3) is 11.8 Å². The summed E-state index contributed by atoms with van der Waals surface area (Å²) < 4.78 is 49.3. The summed E-state index contributed by atoms with van der Waals surface area (Å²) in [5, 5.41) is 6.45. The van der Waals surface area contributed by atoms with Gasteiger partial charge in [-0.2, -0.15) is 18.3 Å². The van der Waals surface area contributed by atoms with Gasteiger partial charge >= 0.3 is 6.18 Å². The van der Waals surface area contributed by atoms with E-state index in [1.807, 2.05) is 11.7 Å². The van der Waals surface area contributed by atoms with Crippen molar-refractivity contribution in [3.05, 3.63) is 71.0 Å². The Labute approximate surface area is 315 Å². The van der Waals surface area contributed by atoms with Crippen molar-refractivity contribution in [2.45, 2.75) is 12.6 Å². The number of nitrogens with two attached hydrogens (primary N) is 1. The highest BCUT2D eigenvalue weighted by atomic mass is 35.5. The fourth-order valence-electron chi connectivity index (χ4n) is 6.29. The number of likely N-dealkylation sites (tertiary alicyclic amines) is 1. The number of methoxy groups -OCH3 is 1. The summed E-state index contributed by atoms with van der Waals surface area (Å²) in [4.78, 5) is 59.1. The van der Waals surface area contributed by atoms with Crippen LogP contribution in [0, 0.1) is 5.92 Å². The Morgan fingerprint density at radius 2 is 1.67 bits per heavy atom. The molecule has 3 aromatic heterocycles. The van der Waals surface area contributed by atoms with E-state index in [2.05, 4.69) is 39.2 Å². The van der Waals surface area contributed by atoms with Crippen molar-refractivity contribution in [3.8, 4) is 17.1 Å². The molecule has 15 nitrogen and oxygen atoms in total. The van der Waals surface area contributed by atoms with Gasteiger partial charge in [0.1, 0.15) is 6.79 Å². The summed E-state index contributed by atoms with van der Waals surface area (Å²) in [6, 6.07) is 7.34. The summed E-state index contributed by atoms with van der Waals surface area (Å²) in [5.74, 6) is -0.926. The lowest BCUT2D eigenvalue weighted by Crippen LogP contribution is -2.52. The molecule has 6 rings (SSSR count). The fraction of sp³-hybridized carbons (Fsp3) is 0.400. The Morgan fingerprint density at radius 1 is 1.02 bits per heavy atom. The second-order valence-corrected chi connectivity index (χ2v) is 13.7. The Bertz CT molecular complexity index is 1960. The van der Waals surface area contributed by atoms with Crippen molar-refractivity contribution >= 4 is 47.5 Å². The first kappa shape index (κ1) is 41.4. The highest BCUT2D eigenvalue weighted by molar-refractivity contribution is 6.34. The SMILES string of the molecule is C=O.COC.Cn1c(-c2cn(-c3ccc(N)cn3)nc2C(F)(F)F)cnc1C(=O)Nc1ccc(C(=O)N2CCN(C(=O)C3CC[N+](C)(C)C3)CC2)c(Cl)c1. The normalized spacial score (nSPS) is 16.5. The van der Waals surface area contributed by atoms with Crippen LogP contribution >= 0.6 is 11.6 Å². The smallest absolute Gasteiger partial charge is 0.397 e. The molecule has 0 bridgehead atoms. The number of piperazine rings is 1. The molecular weight excluding hydrogens is 733 g/mol. The van der Waals surface area contributed by atoms with Crippen molar-refractivity contribution in [3.63, 3.8) is 0 Å². The number of aromatic nitrogens is 5. The van der Waals surface area contributed by atoms with Gasteiger partial charge in [0.2, 0.25) is 5.91 Å². The van der Waals surface area contributed by atoms with Gasteiger partial charge in [0.05, 0.1) is 73.0 Å². The minimum absolute atomic E-state index is 0.000964. The van der Waals surface area contributed by atoms with Crippen molar-refractivity contribution in [1.29, 1.82) is 0 Å². The summed E-state index contributed by atoms with van der Waals surface area (Å²) in [5.41, 5.74) is 4.97. The zero-order chi connectivity index (χ0) is 40.0. The van der Waals surface area contributed by atoms with Crippen LogP contribution in [0.1, 0.15) is 33.1 Å². The van der Waals surface area contributed by atoms with Crippen LogP contribution in [0.3, 0.4) is 0 Å². The minimum atomic E-state index is -4.81. The number of nitrogens with one attached hydrogen (secondary N) is 1. The molecule has 1 aromatic carbocycles. The topological polar surface area (TPSA) is 171 Å². The highest BCUT2D eigenvalue weighted by Gasteiger charge is 2.40. The van der Waals surface area contributed by atoms with Crippen LogP contribution in [0.4, 0.5) is 24.5 Å². The van der Waals surface area contributed by atoms with Crippen LogP contribution in [0.5, 0.6) is 0 Å². The van der Waals surface area contributed by atoms with E-state index in [1.165, 1.54) is 48.1 Å². The standard InChI is InChI=1S/C32H34ClF3N10O3.C2H6O.CH2O/c1-42-25(23-17-45(41-27(23)32(34,35)36)26-7-4-20(37)15-38-26)16-39-28(42)29(47)40-21-5-6-22(24(33)14-21)31(49)44-11-9-43(10-12-44)30(48)19-8-13-46(2,3)18-19;1-3-2;1-2/h4-7,14-17,19H,8-13,18,37H2,1-3H3;1-2H3;1H2/p+1. The number of quaternary nitrogens is 1. The number of hydrogen-bond donors (Lipinski definition) is 2. The van der Waals surface area contributed by atoms with Crippen LogP contribution < -0.4 is 11.1 Å². The molecule has 5 heterocycles. The predicted molar refractivity (Wildman–Crippen MR) is 195 cm³/mol. The van der Waals surface area contributed by atoms with E-state index < -0.39 is 17.8 Å². The number of benzene rings is 1. The van der Waals surface area contributed by atoms with Gasteiger partial charge in [-0.05, 0) is 30.3 Å². The van der Waals surface area contributed by atoms with Gasteiger partial charge in [-0.15, -0.1) is 0 Å². The van der Waals surface area contributed by atoms with Crippen molar-refractivity contribution in [1.82, 2.24) is 34.1 Å². The van der Waals surface area contributed by atoms with E-state index in [1.54, 1.807) is 19.1 Å². The molecule has 1 unspecified atom stereocenters. The predicted octanol–water partition coefficient (Wildman–Crippen LogP) is 3.63. The molecule has 2 aliphatic heterocycles. The van der Waals surface area contributed by atoms with E-state index in [-0.39, 0.29) is 56.9 Å². The van der Waals surface area contributed by atoms with Gasteiger partial charge in [0.15, 0.2) is 17.3 Å². The average molecular weight is 776 g/mol. The minimum Gasteiger partial charge on any atom is -0.397 e. The zero-order valence-electron chi connectivity index (χ0n) is 30.6. The van der Waals surface area contributed by atoms with Crippen molar-refractivity contribution < 1.29 is 41.6 Å². The number of alkyl halides is 3. The van der Waals surface area contributed by atoms with Gasteiger partial charge in [0, 0.05) is 65.8 Å². The zero-order valence-corrected chi connectivity index (χ0v) is 31.3. The van der Waals surface area contributed by atoms with Crippen LogP contribution in [-0.4, -0.2) is 131 Å². The number of nitrogens with zero attached hydrogens (tertiary/aromatic N) is 8. The van der Waals surface area contributed by atoms with Gasteiger partial charge in [-0.1, -0.05) is 11.6 Å². The highest BCUT2D eigenvalue weighted by Crippen LogP contribution is 2.37. The Balaban J connectivity index is 0.00000124. The molecular formula is C35H43ClF3N10O5+. The second-order valence-electron chi connectivity index (χ2n) is 13.3. The van der Waals surface area contributed by atoms with E-state index >= 15 is 0 Å². The van der Waals surface area contributed by atoms with Crippen LogP contribution in [-0.2, 0) is 27.5 Å². The summed E-state index contributed by atoms with van der Waals surface area (Å²) >= 11 is 6.49. The third-order valence-electron chi connectivity index (χ3n) is 8.94. The summed E-state index contributed by atoms with van der Waals surface area (Å²) in [7, 11) is 8.90. The second kappa shape index (κ2) is 17.2. The lowest BCUT2D eigenvalue weighted by molar-refractivity contribution is -0.878. The van der Waals surface area contributed by atoms with Crippen LogP contribution in [0.25, 0.3) is 17.1 Å². The number of amides is 3. The number of halogens is 4. The summed E-state index contributed by atoms with van der Waals surface area (Å²) in [6.45, 7) is 5.40. The monoisotopic (exact) mass is 775 g/mol. The number of hydrogen-bond acceptors (Lipinski definition) is 9. The molecule has 3 amide bonds. The van der Waals surface area contributed by atoms with Crippen LogP contribution in [0.15, 0.2) is 48.9 Å². The molecule has 4 aromatic rings. The van der Waals surface area contributed by atoms with Crippen LogP contribution in [0.2, 0.25) is 5.02 Å². The maximum atomic E-state index is 14.0. The molecule has 2 fully saturated rings. The first-order chi connectivity index (χ1) is 25.5. The molecule has 0 saturated carbocycles. The number of imidazole rings is 1. The number of ether oxygens (including phenoxy) is 1. The molecule has 2 aliphatic rings. The lowest BCUT2D eigenvalue weighted by atomic mass is 10.1. The maximum Gasteiger partial charge on any atom is 0.435 e. The number of carbonyl (C=O) groups is 4. The van der Waals surface area contributed by atoms with Gasteiger partial charge < -0.3 is 39.4 Å². The van der Waals surface area contributed by atoms with E-state index in [0.717, 1.165) is 41.1 Å². The number of pyridine rings is 1. The molecule has 1 atom stereocenters. The molecule has 54 heavy (non-hydrogen) atoms. The van der Waals surface area contributed by atoms with Crippen molar-refractivity contribution in [2.75, 3.05) is 78.6 Å². The third-order valence-corrected chi connectivity index (χ3v) is 9.25. The van der Waals surface area contributed by atoms with Gasteiger partial charge in [-0.3, -0.25) is 14.4 Å². The molecule has 0 radical (unpaired) electrons. The van der Waals surface area contributed by atoms with Crippen molar-refractivity contribution in [2.24, 2.45) is 13.0 Å². The lowest BCUT2D eigenvalue weighted by Gasteiger charge is -2.36. The average Bonchev–Trinajstić information content (AvgIpc) is 3.85. The Morgan fingerprint density at radius 3 is 2.22 bits per heavy atom. The number of anilines is 2. The summed E-state index contributed by atoms with van der Waals surface area (Å²) in [6.07, 6.45) is -0.347. The van der Waals surface area contributed by atoms with E-state index in [9.17, 15) is 27.6 Å². The molecule has 0 aliphatic carbocycles. The number of rotatable bonds is 6. The number of nitrogen functional groups attached to an aromatic ring is 1. The molecule has 19 heteroatoms. The Hall–Kier alpha value is -5.33. The molecule has 0 spiro atoms. The third kappa shape index (κ3) is 9.42. The first-order valence-electron chi connectivity index (χ1n) is 16.6. The largest absolute Gasteiger partial charge is 0.435 e. The molecule has 2 saturated heterocycles. The molecule has 3 N–H and O–H groups in total. The van der Waals surface area contributed by atoms with E-state index in [4.69, 9.17) is 22.1 Å². The Kier molecular flexibility index (Phi) is 13.2. The van der Waals surface area contributed by atoms with E-state index in [0.29, 0.717) is 31.9 Å². The first-order valence-corrected chi connectivity index (χ1v) is 17.0. The van der Waals surface area contributed by atoms with Gasteiger partial charge in [-0.25, -0.2) is 14.6 Å². The number of carbonyl (C=O) groups excluding carboxylic acids is 4. The fourth-order valence-corrected chi connectivity index (χ4v) is 6.55. The quantitative estimate of drug-likeness (QED) is 0.278.